The molecule has 8 nitrogen and oxygen atoms in total. The molecule has 0 radical (unpaired) electrons. The zero-order chi connectivity index (χ0) is 21.2. The molecular weight excluding hydrogens is 438 g/mol. The van der Waals surface area contributed by atoms with Gasteiger partial charge in [0, 0.05) is 23.6 Å². The predicted molar refractivity (Wildman–Crippen MR) is 112 cm³/mol. The monoisotopic (exact) mass is 463 g/mol. The van der Waals surface area contributed by atoms with Crippen LogP contribution in [0.3, 0.4) is 0 Å². The number of benzene rings is 1. The van der Waals surface area contributed by atoms with E-state index >= 15 is 0 Å². The molecule has 1 N–H and O–H groups in total. The number of hydrogen-bond acceptors (Lipinski definition) is 5. The largest absolute Gasteiger partial charge is 0.444 e. The van der Waals surface area contributed by atoms with Crippen molar-refractivity contribution in [3.8, 4) is 5.69 Å². The van der Waals surface area contributed by atoms with E-state index in [4.69, 9.17) is 4.74 Å². The fraction of sp³-hybridized carbons (Fsp3) is 0.500. The first-order chi connectivity index (χ1) is 13.6. The Hall–Kier alpha value is -2.42. The highest BCUT2D eigenvalue weighted by molar-refractivity contribution is 9.10. The summed E-state index contributed by atoms with van der Waals surface area (Å²) in [7, 11) is 0. The van der Waals surface area contributed by atoms with Gasteiger partial charge >= 0.3 is 6.09 Å². The molecule has 0 spiro atoms. The van der Waals surface area contributed by atoms with Gasteiger partial charge in [-0.2, -0.15) is 0 Å². The number of rotatable bonds is 3. The second-order valence-electron chi connectivity index (χ2n) is 8.13. The third-order valence-electron chi connectivity index (χ3n) is 4.64. The molecule has 0 unspecified atom stereocenters. The molecule has 1 aliphatic rings. The number of hydrogen-bond donors (Lipinski definition) is 1. The van der Waals surface area contributed by atoms with Crippen LogP contribution in [0.5, 0.6) is 0 Å². The maximum absolute atomic E-state index is 12.7. The summed E-state index contributed by atoms with van der Waals surface area (Å²) < 4.78 is 7.97. The molecule has 0 atom stereocenters. The predicted octanol–water partition coefficient (Wildman–Crippen LogP) is 3.47. The van der Waals surface area contributed by atoms with E-state index in [9.17, 15) is 9.59 Å². The molecule has 0 aliphatic carbocycles. The SMILES string of the molecule is Cc1c(C(=O)NC2CCN(C(=O)OC(C)(C)C)CC2)nnn1-c1cccc(Br)c1. The second kappa shape index (κ2) is 8.52. The van der Waals surface area contributed by atoms with Crippen LogP contribution in [0.4, 0.5) is 4.79 Å². The number of nitrogens with one attached hydrogen (secondary N) is 1. The Balaban J connectivity index is 1.59. The third kappa shape index (κ3) is 5.35. The molecule has 3 rings (SSSR count). The number of halogens is 1. The number of amides is 2. The van der Waals surface area contributed by atoms with Crippen molar-refractivity contribution in [3.05, 3.63) is 40.1 Å². The minimum atomic E-state index is -0.514. The molecule has 0 saturated carbocycles. The van der Waals surface area contributed by atoms with Gasteiger partial charge < -0.3 is 15.0 Å². The number of carbonyl (C=O) groups excluding carboxylic acids is 2. The minimum absolute atomic E-state index is 0.0170. The Morgan fingerprint density at radius 2 is 1.93 bits per heavy atom. The molecule has 2 amide bonds. The Morgan fingerprint density at radius 3 is 2.55 bits per heavy atom. The van der Waals surface area contributed by atoms with Crippen molar-refractivity contribution in [1.82, 2.24) is 25.2 Å². The summed E-state index contributed by atoms with van der Waals surface area (Å²) in [6, 6.07) is 7.62. The van der Waals surface area contributed by atoms with Crippen molar-refractivity contribution in [2.45, 2.75) is 52.2 Å². The lowest BCUT2D eigenvalue weighted by Crippen LogP contribution is -2.47. The van der Waals surface area contributed by atoms with E-state index in [1.165, 1.54) is 0 Å². The van der Waals surface area contributed by atoms with Crippen LogP contribution in [0.2, 0.25) is 0 Å². The number of piperidine rings is 1. The Bertz CT molecular complexity index is 898. The van der Waals surface area contributed by atoms with E-state index in [-0.39, 0.29) is 18.0 Å². The van der Waals surface area contributed by atoms with E-state index in [1.54, 1.807) is 9.58 Å². The van der Waals surface area contributed by atoms with Crippen LogP contribution in [0.15, 0.2) is 28.7 Å². The fourth-order valence-corrected chi connectivity index (χ4v) is 3.57. The first-order valence-electron chi connectivity index (χ1n) is 9.61. The number of ether oxygens (including phenoxy) is 1. The van der Waals surface area contributed by atoms with Crippen molar-refractivity contribution in [3.63, 3.8) is 0 Å². The summed E-state index contributed by atoms with van der Waals surface area (Å²) in [5.74, 6) is -0.250. The maximum Gasteiger partial charge on any atom is 0.410 e. The van der Waals surface area contributed by atoms with Gasteiger partial charge in [-0.25, -0.2) is 9.48 Å². The summed E-state index contributed by atoms with van der Waals surface area (Å²) in [6.45, 7) is 8.46. The number of nitrogens with zero attached hydrogens (tertiary/aromatic N) is 4. The molecule has 1 aromatic carbocycles. The molecular formula is C20H26BrN5O3. The second-order valence-corrected chi connectivity index (χ2v) is 9.05. The molecule has 2 aromatic rings. The molecule has 2 heterocycles. The standard InChI is InChI=1S/C20H26BrN5O3/c1-13-17(23-24-26(13)16-7-5-6-14(21)12-16)18(27)22-15-8-10-25(11-9-15)19(28)29-20(2,3)4/h5-7,12,15H,8-11H2,1-4H3,(H,22,27). The fourth-order valence-electron chi connectivity index (χ4n) is 3.18. The van der Waals surface area contributed by atoms with Crippen LogP contribution >= 0.6 is 15.9 Å². The van der Waals surface area contributed by atoms with E-state index in [1.807, 2.05) is 52.0 Å². The van der Waals surface area contributed by atoms with Gasteiger partial charge in [0.05, 0.1) is 11.4 Å². The van der Waals surface area contributed by atoms with Crippen LogP contribution in [-0.4, -0.2) is 56.6 Å². The summed E-state index contributed by atoms with van der Waals surface area (Å²) in [5.41, 5.74) is 1.29. The highest BCUT2D eigenvalue weighted by Crippen LogP contribution is 2.19. The first kappa shape index (κ1) is 21.3. The summed E-state index contributed by atoms with van der Waals surface area (Å²) in [6.07, 6.45) is 1.03. The van der Waals surface area contributed by atoms with E-state index in [0.717, 1.165) is 10.2 Å². The van der Waals surface area contributed by atoms with E-state index in [2.05, 4.69) is 31.6 Å². The van der Waals surface area contributed by atoms with Gasteiger partial charge in [0.1, 0.15) is 5.60 Å². The van der Waals surface area contributed by atoms with Crippen LogP contribution in [0, 0.1) is 6.92 Å². The average molecular weight is 464 g/mol. The Morgan fingerprint density at radius 1 is 1.24 bits per heavy atom. The third-order valence-corrected chi connectivity index (χ3v) is 5.14. The zero-order valence-corrected chi connectivity index (χ0v) is 18.7. The van der Waals surface area contributed by atoms with Crippen LogP contribution in [0.1, 0.15) is 49.8 Å². The van der Waals surface area contributed by atoms with Crippen molar-refractivity contribution in [2.24, 2.45) is 0 Å². The van der Waals surface area contributed by atoms with E-state index < -0.39 is 5.60 Å². The quantitative estimate of drug-likeness (QED) is 0.752. The molecule has 1 aliphatic heterocycles. The lowest BCUT2D eigenvalue weighted by atomic mass is 10.1. The first-order valence-corrected chi connectivity index (χ1v) is 10.4. The van der Waals surface area contributed by atoms with Gasteiger partial charge in [0.25, 0.3) is 5.91 Å². The molecule has 156 valence electrons. The van der Waals surface area contributed by atoms with Crippen molar-refractivity contribution < 1.29 is 14.3 Å². The van der Waals surface area contributed by atoms with Gasteiger partial charge in [-0.15, -0.1) is 5.10 Å². The highest BCUT2D eigenvalue weighted by Gasteiger charge is 2.28. The van der Waals surface area contributed by atoms with Crippen LogP contribution in [-0.2, 0) is 4.74 Å². The van der Waals surface area contributed by atoms with Crippen molar-refractivity contribution in [2.75, 3.05) is 13.1 Å². The molecule has 1 aromatic heterocycles. The van der Waals surface area contributed by atoms with Gasteiger partial charge in [0.2, 0.25) is 0 Å². The maximum atomic E-state index is 12.7. The normalized spacial score (nSPS) is 15.3. The van der Waals surface area contributed by atoms with E-state index in [0.29, 0.717) is 37.3 Å². The minimum Gasteiger partial charge on any atom is -0.444 e. The number of likely N-dealkylation sites (tertiary alicyclic amines) is 1. The molecule has 0 bridgehead atoms. The molecule has 1 saturated heterocycles. The average Bonchev–Trinajstić information content (AvgIpc) is 3.02. The Kier molecular flexibility index (Phi) is 6.26. The highest BCUT2D eigenvalue weighted by atomic mass is 79.9. The lowest BCUT2D eigenvalue weighted by molar-refractivity contribution is 0.0199. The molecule has 29 heavy (non-hydrogen) atoms. The summed E-state index contributed by atoms with van der Waals surface area (Å²) >= 11 is 3.44. The summed E-state index contributed by atoms with van der Waals surface area (Å²) in [5, 5.41) is 11.2. The number of carbonyl (C=O) groups is 2. The van der Waals surface area contributed by atoms with Gasteiger partial charge in [-0.1, -0.05) is 27.2 Å². The zero-order valence-electron chi connectivity index (χ0n) is 17.1. The summed E-state index contributed by atoms with van der Waals surface area (Å²) in [4.78, 5) is 26.6. The smallest absolute Gasteiger partial charge is 0.410 e. The number of aromatic nitrogens is 3. The van der Waals surface area contributed by atoms with Crippen molar-refractivity contribution in [1.29, 1.82) is 0 Å². The van der Waals surface area contributed by atoms with Crippen LogP contribution < -0.4 is 5.32 Å². The van der Waals surface area contributed by atoms with Gasteiger partial charge in [0.15, 0.2) is 5.69 Å². The topological polar surface area (TPSA) is 89.3 Å². The van der Waals surface area contributed by atoms with Crippen LogP contribution in [0.25, 0.3) is 5.69 Å². The molecule has 1 fully saturated rings. The van der Waals surface area contributed by atoms with Gasteiger partial charge in [-0.3, -0.25) is 4.79 Å². The Labute approximate surface area is 178 Å². The lowest BCUT2D eigenvalue weighted by Gasteiger charge is -2.33. The molecule has 9 heteroatoms. The van der Waals surface area contributed by atoms with Crippen molar-refractivity contribution >= 4 is 27.9 Å². The van der Waals surface area contributed by atoms with Gasteiger partial charge in [-0.05, 0) is 58.7 Å².